The maximum Gasteiger partial charge on any atom is 0.126 e. The van der Waals surface area contributed by atoms with Crippen molar-refractivity contribution in [3.8, 4) is 5.75 Å². The van der Waals surface area contributed by atoms with Crippen LogP contribution in [-0.4, -0.2) is 85.4 Å². The largest absolute Gasteiger partial charge is 0.496 e. The Kier molecular flexibility index (Phi) is 6.70. The summed E-state index contributed by atoms with van der Waals surface area (Å²) < 4.78 is 5.56. The Morgan fingerprint density at radius 3 is 2.48 bits per heavy atom. The maximum atomic E-state index is 9.68. The van der Waals surface area contributed by atoms with E-state index in [9.17, 15) is 5.11 Å². The van der Waals surface area contributed by atoms with Crippen LogP contribution < -0.4 is 4.74 Å². The zero-order chi connectivity index (χ0) is 20.2. The smallest absolute Gasteiger partial charge is 0.126 e. The van der Waals surface area contributed by atoms with Crippen molar-refractivity contribution in [2.24, 2.45) is 0 Å². The number of aliphatic hydroxyl groups is 1. The lowest BCUT2D eigenvalue weighted by molar-refractivity contribution is 0.00611. The van der Waals surface area contributed by atoms with E-state index in [0.29, 0.717) is 12.1 Å². The van der Waals surface area contributed by atoms with Crippen molar-refractivity contribution in [2.75, 3.05) is 53.5 Å². The van der Waals surface area contributed by atoms with Gasteiger partial charge in [0.15, 0.2) is 0 Å². The van der Waals surface area contributed by atoms with Gasteiger partial charge in [-0.3, -0.25) is 9.80 Å². The first-order valence-electron chi connectivity index (χ1n) is 11.0. The quantitative estimate of drug-likeness (QED) is 0.812. The molecule has 0 aromatic heterocycles. The number of piperidine rings is 1. The molecule has 29 heavy (non-hydrogen) atoms. The van der Waals surface area contributed by atoms with Crippen LogP contribution in [0.5, 0.6) is 5.75 Å². The minimum atomic E-state index is 0.271. The fraction of sp³-hybridized carbons (Fsp3) is 0.583. The van der Waals surface area contributed by atoms with E-state index in [2.05, 4.69) is 58.1 Å². The molecule has 2 aromatic rings. The third-order valence-corrected chi connectivity index (χ3v) is 6.82. The second-order valence-electron chi connectivity index (χ2n) is 8.65. The highest BCUT2D eigenvalue weighted by Crippen LogP contribution is 2.30. The van der Waals surface area contributed by atoms with E-state index >= 15 is 0 Å². The van der Waals surface area contributed by atoms with Gasteiger partial charge in [-0.05, 0) is 56.4 Å². The predicted octanol–water partition coefficient (Wildman–Crippen LogP) is 2.81. The van der Waals surface area contributed by atoms with Gasteiger partial charge in [0.2, 0.25) is 0 Å². The highest BCUT2D eigenvalue weighted by molar-refractivity contribution is 5.91. The normalized spacial score (nSPS) is 22.9. The zero-order valence-corrected chi connectivity index (χ0v) is 17.9. The number of benzene rings is 2. The van der Waals surface area contributed by atoms with Gasteiger partial charge in [0.1, 0.15) is 5.75 Å². The summed E-state index contributed by atoms with van der Waals surface area (Å²) in [6, 6.07) is 14.0. The number of ether oxygens (including phenoxy) is 1. The average Bonchev–Trinajstić information content (AvgIpc) is 2.75. The van der Waals surface area contributed by atoms with E-state index in [-0.39, 0.29) is 6.61 Å². The zero-order valence-electron chi connectivity index (χ0n) is 17.9. The predicted molar refractivity (Wildman–Crippen MR) is 118 cm³/mol. The van der Waals surface area contributed by atoms with E-state index < -0.39 is 0 Å². The lowest BCUT2D eigenvalue weighted by atomic mass is 9.97. The lowest BCUT2D eigenvalue weighted by Gasteiger charge is -2.47. The number of aliphatic hydroxyl groups excluding tert-OH is 1. The van der Waals surface area contributed by atoms with Crippen LogP contribution in [0.15, 0.2) is 36.4 Å². The molecule has 1 unspecified atom stereocenters. The Labute approximate surface area is 174 Å². The first-order valence-corrected chi connectivity index (χ1v) is 11.0. The van der Waals surface area contributed by atoms with Crippen molar-refractivity contribution in [3.63, 3.8) is 0 Å². The summed E-state index contributed by atoms with van der Waals surface area (Å²) in [5, 5.41) is 12.1. The molecule has 0 amide bonds. The molecule has 2 aliphatic rings. The van der Waals surface area contributed by atoms with Crippen LogP contribution in [0.2, 0.25) is 0 Å². The van der Waals surface area contributed by atoms with Crippen molar-refractivity contribution in [3.05, 3.63) is 42.0 Å². The highest BCUT2D eigenvalue weighted by atomic mass is 16.5. The summed E-state index contributed by atoms with van der Waals surface area (Å²) in [6.07, 6.45) is 3.37. The van der Waals surface area contributed by atoms with Crippen molar-refractivity contribution < 1.29 is 9.84 Å². The minimum Gasteiger partial charge on any atom is -0.496 e. The fourth-order valence-corrected chi connectivity index (χ4v) is 5.18. The third kappa shape index (κ3) is 4.58. The molecule has 1 atom stereocenters. The molecule has 4 rings (SSSR count). The molecule has 0 bridgehead atoms. The molecule has 0 radical (unpaired) electrons. The number of methoxy groups -OCH3 is 1. The van der Waals surface area contributed by atoms with Crippen molar-refractivity contribution in [1.29, 1.82) is 0 Å². The van der Waals surface area contributed by atoms with E-state index in [4.69, 9.17) is 4.74 Å². The summed E-state index contributed by atoms with van der Waals surface area (Å²) in [5.74, 6) is 0.939. The molecule has 2 heterocycles. The summed E-state index contributed by atoms with van der Waals surface area (Å²) in [4.78, 5) is 7.70. The van der Waals surface area contributed by atoms with Gasteiger partial charge >= 0.3 is 0 Å². The summed E-state index contributed by atoms with van der Waals surface area (Å²) >= 11 is 0. The molecule has 0 spiro atoms. The molecule has 2 saturated heterocycles. The van der Waals surface area contributed by atoms with E-state index in [0.717, 1.165) is 38.3 Å². The van der Waals surface area contributed by atoms with Crippen molar-refractivity contribution >= 4 is 10.8 Å². The molecule has 5 nitrogen and oxygen atoms in total. The Morgan fingerprint density at radius 1 is 1.00 bits per heavy atom. The van der Waals surface area contributed by atoms with Crippen LogP contribution in [0, 0.1) is 0 Å². The molecular formula is C24H35N3O2. The molecule has 0 saturated carbocycles. The SMILES string of the molecule is COc1ccc(CN2CCN(C3CCN(C)CC3)C(CCO)C2)c2ccccc12. The Morgan fingerprint density at radius 2 is 1.76 bits per heavy atom. The van der Waals surface area contributed by atoms with E-state index in [1.165, 1.54) is 42.3 Å². The van der Waals surface area contributed by atoms with Gasteiger partial charge in [-0.1, -0.05) is 30.3 Å². The molecule has 2 aromatic carbocycles. The molecule has 5 heteroatoms. The number of hydrogen-bond acceptors (Lipinski definition) is 5. The molecule has 2 aliphatic heterocycles. The second-order valence-corrected chi connectivity index (χ2v) is 8.65. The number of fused-ring (bicyclic) bond motifs is 1. The molecule has 2 fully saturated rings. The molecule has 0 aliphatic carbocycles. The number of rotatable bonds is 6. The van der Waals surface area contributed by atoms with Gasteiger partial charge in [-0.2, -0.15) is 0 Å². The van der Waals surface area contributed by atoms with Gasteiger partial charge in [-0.25, -0.2) is 0 Å². The van der Waals surface area contributed by atoms with Gasteiger partial charge < -0.3 is 14.7 Å². The van der Waals surface area contributed by atoms with Crippen LogP contribution >= 0.6 is 0 Å². The Balaban J connectivity index is 1.48. The van der Waals surface area contributed by atoms with Crippen LogP contribution in [-0.2, 0) is 6.54 Å². The number of nitrogens with zero attached hydrogens (tertiary/aromatic N) is 3. The minimum absolute atomic E-state index is 0.271. The number of hydrogen-bond donors (Lipinski definition) is 1. The molecular weight excluding hydrogens is 362 g/mol. The van der Waals surface area contributed by atoms with Crippen molar-refractivity contribution in [2.45, 2.75) is 37.9 Å². The second kappa shape index (κ2) is 9.43. The Bertz CT molecular complexity index is 804. The van der Waals surface area contributed by atoms with Crippen LogP contribution in [0.1, 0.15) is 24.8 Å². The molecule has 1 N–H and O–H groups in total. The maximum absolute atomic E-state index is 9.68. The Hall–Kier alpha value is -1.66. The highest BCUT2D eigenvalue weighted by Gasteiger charge is 2.33. The van der Waals surface area contributed by atoms with Crippen LogP contribution in [0.4, 0.5) is 0 Å². The fourth-order valence-electron chi connectivity index (χ4n) is 5.18. The lowest BCUT2D eigenvalue weighted by Crippen LogP contribution is -2.58. The number of likely N-dealkylation sites (tertiary alicyclic amines) is 1. The first kappa shape index (κ1) is 20.6. The van der Waals surface area contributed by atoms with Gasteiger partial charge in [0, 0.05) is 50.3 Å². The third-order valence-electron chi connectivity index (χ3n) is 6.82. The van der Waals surface area contributed by atoms with Crippen LogP contribution in [0.3, 0.4) is 0 Å². The topological polar surface area (TPSA) is 39.2 Å². The van der Waals surface area contributed by atoms with Crippen molar-refractivity contribution in [1.82, 2.24) is 14.7 Å². The summed E-state index contributed by atoms with van der Waals surface area (Å²) in [7, 11) is 3.96. The van der Waals surface area contributed by atoms with E-state index in [1.54, 1.807) is 7.11 Å². The van der Waals surface area contributed by atoms with Gasteiger partial charge in [-0.15, -0.1) is 0 Å². The van der Waals surface area contributed by atoms with Gasteiger partial charge in [0.25, 0.3) is 0 Å². The summed E-state index contributed by atoms with van der Waals surface area (Å²) in [5.41, 5.74) is 1.36. The van der Waals surface area contributed by atoms with Crippen LogP contribution in [0.25, 0.3) is 10.8 Å². The number of piperazine rings is 1. The molecule has 158 valence electrons. The summed E-state index contributed by atoms with van der Waals surface area (Å²) in [6.45, 7) is 6.83. The standard InChI is InChI=1S/C24H35N3O2/c1-25-12-9-20(10-13-25)27-15-14-26(18-21(27)11-16-28)17-19-7-8-24(29-2)23-6-4-3-5-22(19)23/h3-8,20-21,28H,9-18H2,1-2H3. The average molecular weight is 398 g/mol. The van der Waals surface area contributed by atoms with E-state index in [1.807, 2.05) is 0 Å². The van der Waals surface area contributed by atoms with Gasteiger partial charge in [0.05, 0.1) is 7.11 Å². The first-order chi connectivity index (χ1) is 14.2. The monoisotopic (exact) mass is 397 g/mol.